The summed E-state index contributed by atoms with van der Waals surface area (Å²) in [4.78, 5) is 8.03. The predicted molar refractivity (Wildman–Crippen MR) is 76.4 cm³/mol. The average molecular weight is 303 g/mol. The van der Waals surface area contributed by atoms with Crippen molar-refractivity contribution in [1.29, 1.82) is 0 Å². The van der Waals surface area contributed by atoms with Gasteiger partial charge in [-0.3, -0.25) is 0 Å². The van der Waals surface area contributed by atoms with Gasteiger partial charge < -0.3 is 8.98 Å². The van der Waals surface area contributed by atoms with Crippen LogP contribution in [0, 0.1) is 0 Å². The minimum Gasteiger partial charge on any atom is -0.439 e. The Balaban J connectivity index is 1.88. The van der Waals surface area contributed by atoms with Crippen LogP contribution in [0.2, 0.25) is 0 Å². The van der Waals surface area contributed by atoms with E-state index in [4.69, 9.17) is 4.42 Å². The van der Waals surface area contributed by atoms with Crippen LogP contribution in [0.1, 0.15) is 5.89 Å². The van der Waals surface area contributed by atoms with Crippen LogP contribution in [0.15, 0.2) is 58.5 Å². The summed E-state index contributed by atoms with van der Waals surface area (Å²) in [6.07, 6.45) is 5.78. The van der Waals surface area contributed by atoms with Gasteiger partial charge in [0, 0.05) is 24.2 Å². The molecule has 0 aliphatic rings. The van der Waals surface area contributed by atoms with Gasteiger partial charge in [0.05, 0.1) is 6.20 Å². The lowest BCUT2D eigenvalue weighted by Gasteiger charge is -2.03. The minimum atomic E-state index is -3.37. The maximum atomic E-state index is 11.6. The minimum absolute atomic E-state index is 0.00182. The van der Waals surface area contributed by atoms with Crippen molar-refractivity contribution in [3.05, 3.63) is 54.8 Å². The van der Waals surface area contributed by atoms with E-state index in [1.807, 2.05) is 30.3 Å². The lowest BCUT2D eigenvalue weighted by molar-refractivity contribution is 0.475. The lowest BCUT2D eigenvalue weighted by Crippen LogP contribution is -2.09. The molecule has 0 aliphatic heterocycles. The Hall–Kier alpha value is -2.41. The Morgan fingerprint density at radius 3 is 2.67 bits per heavy atom. The molecule has 2 aromatic heterocycles. The number of nitrogens with zero attached hydrogens (tertiary/aromatic N) is 3. The maximum absolute atomic E-state index is 11.6. The number of sulfone groups is 1. The fourth-order valence-corrected chi connectivity index (χ4v) is 2.81. The van der Waals surface area contributed by atoms with Crippen molar-refractivity contribution < 1.29 is 12.8 Å². The molecule has 3 aromatic rings. The highest BCUT2D eigenvalue weighted by Gasteiger charge is 2.16. The van der Waals surface area contributed by atoms with Gasteiger partial charge in [0.2, 0.25) is 20.9 Å². The molecule has 0 unspecified atom stereocenters. The molecular formula is C14H13N3O3S. The summed E-state index contributed by atoms with van der Waals surface area (Å²) in [6.45, 7) is 0.217. The Kier molecular flexibility index (Phi) is 3.34. The number of hydrogen-bond acceptors (Lipinski definition) is 5. The first kappa shape index (κ1) is 13.6. The quantitative estimate of drug-likeness (QED) is 0.736. The summed E-state index contributed by atoms with van der Waals surface area (Å²) in [5.41, 5.74) is 0.921. The predicted octanol–water partition coefficient (Wildman–Crippen LogP) is 1.99. The van der Waals surface area contributed by atoms with Gasteiger partial charge in [0.25, 0.3) is 0 Å². The van der Waals surface area contributed by atoms with Gasteiger partial charge in [-0.25, -0.2) is 18.4 Å². The normalized spacial score (nSPS) is 11.7. The van der Waals surface area contributed by atoms with E-state index in [-0.39, 0.29) is 11.7 Å². The molecule has 2 heterocycles. The summed E-state index contributed by atoms with van der Waals surface area (Å²) >= 11 is 0. The zero-order valence-electron chi connectivity index (χ0n) is 11.3. The number of hydrogen-bond donors (Lipinski definition) is 0. The molecule has 3 rings (SSSR count). The van der Waals surface area contributed by atoms with E-state index in [0.717, 1.165) is 11.8 Å². The number of rotatable bonds is 4. The van der Waals surface area contributed by atoms with E-state index >= 15 is 0 Å². The summed E-state index contributed by atoms with van der Waals surface area (Å²) in [5, 5.41) is 0.00182. The Morgan fingerprint density at radius 2 is 1.95 bits per heavy atom. The summed E-state index contributed by atoms with van der Waals surface area (Å²) in [5.74, 6) is 1.07. The maximum Gasteiger partial charge on any atom is 0.227 e. The molecule has 1 aromatic carbocycles. The molecule has 0 bridgehead atoms. The molecule has 0 atom stereocenters. The van der Waals surface area contributed by atoms with Crippen LogP contribution < -0.4 is 0 Å². The van der Waals surface area contributed by atoms with E-state index in [9.17, 15) is 8.42 Å². The van der Waals surface area contributed by atoms with Crippen LogP contribution in [-0.4, -0.2) is 29.2 Å². The highest BCUT2D eigenvalue weighted by molar-refractivity contribution is 7.90. The first-order valence-electron chi connectivity index (χ1n) is 6.25. The molecule has 21 heavy (non-hydrogen) atoms. The van der Waals surface area contributed by atoms with Crippen molar-refractivity contribution in [3.63, 3.8) is 0 Å². The third kappa shape index (κ3) is 2.87. The molecule has 0 radical (unpaired) electrons. The second-order valence-corrected chi connectivity index (χ2v) is 6.50. The van der Waals surface area contributed by atoms with Crippen LogP contribution in [0.3, 0.4) is 0 Å². The largest absolute Gasteiger partial charge is 0.439 e. The molecule has 0 saturated heterocycles. The third-order valence-electron chi connectivity index (χ3n) is 2.93. The topological polar surface area (TPSA) is 78.0 Å². The Labute approximate surface area is 122 Å². The van der Waals surface area contributed by atoms with E-state index < -0.39 is 9.84 Å². The van der Waals surface area contributed by atoms with Gasteiger partial charge in [-0.1, -0.05) is 30.3 Å². The lowest BCUT2D eigenvalue weighted by atomic mass is 10.2. The van der Waals surface area contributed by atoms with Gasteiger partial charge >= 0.3 is 0 Å². The van der Waals surface area contributed by atoms with E-state index in [1.54, 1.807) is 12.4 Å². The van der Waals surface area contributed by atoms with E-state index in [2.05, 4.69) is 9.97 Å². The van der Waals surface area contributed by atoms with Crippen LogP contribution in [0.4, 0.5) is 0 Å². The summed E-state index contributed by atoms with van der Waals surface area (Å²) in [6, 6.07) is 9.59. The van der Waals surface area contributed by atoms with Crippen LogP contribution in [-0.2, 0) is 16.4 Å². The molecule has 0 N–H and O–H groups in total. The molecule has 0 fully saturated rings. The monoisotopic (exact) mass is 303 g/mol. The third-order valence-corrected chi connectivity index (χ3v) is 3.93. The SMILES string of the molecule is CS(=O)(=O)c1nccn1Cc1ncc(-c2ccccc2)o1. The van der Waals surface area contributed by atoms with Crippen molar-refractivity contribution in [1.82, 2.24) is 14.5 Å². The van der Waals surface area contributed by atoms with Gasteiger partial charge in [-0.15, -0.1) is 0 Å². The van der Waals surface area contributed by atoms with Gasteiger partial charge in [-0.2, -0.15) is 0 Å². The molecule has 0 saturated carbocycles. The highest BCUT2D eigenvalue weighted by atomic mass is 32.2. The smallest absolute Gasteiger partial charge is 0.227 e. The van der Waals surface area contributed by atoms with Crippen LogP contribution in [0.25, 0.3) is 11.3 Å². The average Bonchev–Trinajstić information content (AvgIpc) is 3.09. The van der Waals surface area contributed by atoms with E-state index in [1.165, 1.54) is 10.8 Å². The molecule has 0 spiro atoms. The second kappa shape index (κ2) is 5.17. The zero-order valence-corrected chi connectivity index (χ0v) is 12.1. The number of aromatic nitrogens is 3. The molecule has 0 amide bonds. The van der Waals surface area contributed by atoms with E-state index in [0.29, 0.717) is 11.7 Å². The van der Waals surface area contributed by atoms with Gasteiger partial charge in [-0.05, 0) is 0 Å². The van der Waals surface area contributed by atoms with Crippen molar-refractivity contribution in [2.24, 2.45) is 0 Å². The molecule has 0 aliphatic carbocycles. The van der Waals surface area contributed by atoms with Gasteiger partial charge in [0.1, 0.15) is 6.54 Å². The van der Waals surface area contributed by atoms with Crippen molar-refractivity contribution in [2.45, 2.75) is 11.7 Å². The molecular weight excluding hydrogens is 290 g/mol. The summed E-state index contributed by atoms with van der Waals surface area (Å²) in [7, 11) is -3.37. The molecule has 7 heteroatoms. The zero-order chi connectivity index (χ0) is 14.9. The van der Waals surface area contributed by atoms with Crippen molar-refractivity contribution in [2.75, 3.05) is 6.26 Å². The molecule has 6 nitrogen and oxygen atoms in total. The fraction of sp³-hybridized carbons (Fsp3) is 0.143. The first-order valence-corrected chi connectivity index (χ1v) is 8.14. The number of oxazole rings is 1. The number of benzene rings is 1. The van der Waals surface area contributed by atoms with Crippen molar-refractivity contribution >= 4 is 9.84 Å². The second-order valence-electron chi connectivity index (χ2n) is 4.59. The first-order chi connectivity index (χ1) is 10.0. The fourth-order valence-electron chi connectivity index (χ4n) is 2.01. The van der Waals surface area contributed by atoms with Crippen LogP contribution in [0.5, 0.6) is 0 Å². The Bertz CT molecular complexity index is 850. The van der Waals surface area contributed by atoms with Crippen LogP contribution >= 0.6 is 0 Å². The van der Waals surface area contributed by atoms with Gasteiger partial charge in [0.15, 0.2) is 5.76 Å². The van der Waals surface area contributed by atoms with Crippen molar-refractivity contribution in [3.8, 4) is 11.3 Å². The summed E-state index contributed by atoms with van der Waals surface area (Å²) < 4.78 is 30.3. The molecule has 108 valence electrons. The Morgan fingerprint density at radius 1 is 1.19 bits per heavy atom. The highest BCUT2D eigenvalue weighted by Crippen LogP contribution is 2.20. The standard InChI is InChI=1S/C14H13N3O3S/c1-21(18,19)14-15-7-8-17(14)10-13-16-9-12(20-13)11-5-3-2-4-6-11/h2-9H,10H2,1H3. The number of imidazole rings is 1.